The molecule has 1 aromatic heterocycles. The second-order valence-electron chi connectivity index (χ2n) is 7.29. The Bertz CT molecular complexity index is 897. The molecule has 2 aliphatic rings. The molecule has 0 spiro atoms. The van der Waals surface area contributed by atoms with E-state index in [2.05, 4.69) is 10.1 Å². The Morgan fingerprint density at radius 2 is 1.85 bits per heavy atom. The molecule has 1 saturated carbocycles. The van der Waals surface area contributed by atoms with Gasteiger partial charge >= 0.3 is 0 Å². The van der Waals surface area contributed by atoms with E-state index < -0.39 is 10.0 Å². The molecular formula is C19H25N3O4S. The van der Waals surface area contributed by atoms with Crippen molar-refractivity contribution in [3.8, 4) is 11.5 Å². The van der Waals surface area contributed by atoms with Crippen LogP contribution in [-0.4, -0.2) is 49.2 Å². The standard InChI is InChI=1S/C19H25N3O4S/c1-14-7-8-16(13-17(14)27(23,24)22-9-11-25-12-10-22)19-20-18(21-26-19)15-5-3-2-4-6-15/h7-8,13,15H,2-6,9-12H2,1H3. The minimum atomic E-state index is -3.57. The van der Waals surface area contributed by atoms with Crippen molar-refractivity contribution in [2.75, 3.05) is 26.3 Å². The van der Waals surface area contributed by atoms with Crippen LogP contribution in [0.5, 0.6) is 0 Å². The maximum Gasteiger partial charge on any atom is 0.257 e. The second kappa shape index (κ2) is 7.69. The summed E-state index contributed by atoms with van der Waals surface area (Å²) in [6.07, 6.45) is 5.83. The first-order valence-corrected chi connectivity index (χ1v) is 11.0. The van der Waals surface area contributed by atoms with Crippen LogP contribution in [0.2, 0.25) is 0 Å². The van der Waals surface area contributed by atoms with Crippen LogP contribution in [0.15, 0.2) is 27.6 Å². The van der Waals surface area contributed by atoms with Crippen LogP contribution >= 0.6 is 0 Å². The predicted molar refractivity (Wildman–Crippen MR) is 99.9 cm³/mol. The van der Waals surface area contributed by atoms with Crippen molar-refractivity contribution >= 4 is 10.0 Å². The van der Waals surface area contributed by atoms with Crippen molar-refractivity contribution in [1.82, 2.24) is 14.4 Å². The van der Waals surface area contributed by atoms with E-state index in [4.69, 9.17) is 9.26 Å². The van der Waals surface area contributed by atoms with Gasteiger partial charge < -0.3 is 9.26 Å². The maximum atomic E-state index is 13.0. The lowest BCUT2D eigenvalue weighted by Crippen LogP contribution is -2.40. The van der Waals surface area contributed by atoms with Gasteiger partial charge in [0.25, 0.3) is 5.89 Å². The largest absolute Gasteiger partial charge is 0.379 e. The van der Waals surface area contributed by atoms with Gasteiger partial charge in [-0.2, -0.15) is 9.29 Å². The van der Waals surface area contributed by atoms with Crippen molar-refractivity contribution in [3.05, 3.63) is 29.6 Å². The number of hydrogen-bond acceptors (Lipinski definition) is 6. The van der Waals surface area contributed by atoms with E-state index in [9.17, 15) is 8.42 Å². The van der Waals surface area contributed by atoms with E-state index >= 15 is 0 Å². The molecule has 1 aliphatic heterocycles. The van der Waals surface area contributed by atoms with Gasteiger partial charge in [-0.1, -0.05) is 30.5 Å². The van der Waals surface area contributed by atoms with Crippen LogP contribution in [0.3, 0.4) is 0 Å². The number of morpholine rings is 1. The van der Waals surface area contributed by atoms with Crippen LogP contribution in [0.1, 0.15) is 49.4 Å². The lowest BCUT2D eigenvalue weighted by molar-refractivity contribution is 0.0730. The number of rotatable bonds is 4. The molecule has 1 saturated heterocycles. The van der Waals surface area contributed by atoms with Crippen LogP contribution in [0.25, 0.3) is 11.5 Å². The predicted octanol–water partition coefficient (Wildman–Crippen LogP) is 3.11. The molecule has 2 fully saturated rings. The first kappa shape index (κ1) is 18.6. The fourth-order valence-electron chi connectivity index (χ4n) is 3.82. The topological polar surface area (TPSA) is 85.5 Å². The Morgan fingerprint density at radius 3 is 2.59 bits per heavy atom. The Morgan fingerprint density at radius 1 is 1.11 bits per heavy atom. The SMILES string of the molecule is Cc1ccc(-c2nc(C3CCCCC3)no2)cc1S(=O)(=O)N1CCOCC1. The number of aryl methyl sites for hydroxylation is 1. The molecule has 0 unspecified atom stereocenters. The summed E-state index contributed by atoms with van der Waals surface area (Å²) in [4.78, 5) is 4.85. The monoisotopic (exact) mass is 391 g/mol. The molecule has 0 bridgehead atoms. The zero-order valence-corrected chi connectivity index (χ0v) is 16.4. The molecule has 27 heavy (non-hydrogen) atoms. The van der Waals surface area contributed by atoms with Crippen molar-refractivity contribution in [1.29, 1.82) is 0 Å². The lowest BCUT2D eigenvalue weighted by atomic mass is 9.89. The third-order valence-electron chi connectivity index (χ3n) is 5.44. The molecule has 0 atom stereocenters. The normalized spacial score (nSPS) is 20.0. The number of aromatic nitrogens is 2. The molecule has 4 rings (SSSR count). The first-order valence-electron chi connectivity index (χ1n) is 9.58. The van der Waals surface area contributed by atoms with E-state index in [1.165, 1.54) is 23.6 Å². The summed E-state index contributed by atoms with van der Waals surface area (Å²) >= 11 is 0. The van der Waals surface area contributed by atoms with Crippen molar-refractivity contribution in [2.45, 2.75) is 49.8 Å². The smallest absolute Gasteiger partial charge is 0.257 e. The fourth-order valence-corrected chi connectivity index (χ4v) is 5.47. The summed E-state index contributed by atoms with van der Waals surface area (Å²) in [5.41, 5.74) is 1.35. The van der Waals surface area contributed by atoms with Crippen LogP contribution in [-0.2, 0) is 14.8 Å². The summed E-state index contributed by atoms with van der Waals surface area (Å²) in [6, 6.07) is 5.29. The molecule has 7 nitrogen and oxygen atoms in total. The molecule has 1 aliphatic carbocycles. The minimum Gasteiger partial charge on any atom is -0.379 e. The summed E-state index contributed by atoms with van der Waals surface area (Å²) in [7, 11) is -3.57. The van der Waals surface area contributed by atoms with Gasteiger partial charge in [0, 0.05) is 24.6 Å². The van der Waals surface area contributed by atoms with Crippen molar-refractivity contribution < 1.29 is 17.7 Å². The molecule has 2 aromatic rings. The second-order valence-corrected chi connectivity index (χ2v) is 9.20. The lowest BCUT2D eigenvalue weighted by Gasteiger charge is -2.26. The molecule has 0 radical (unpaired) electrons. The minimum absolute atomic E-state index is 0.291. The summed E-state index contributed by atoms with van der Waals surface area (Å²) in [5, 5.41) is 4.16. The van der Waals surface area contributed by atoms with E-state index in [0.717, 1.165) is 18.7 Å². The molecule has 8 heteroatoms. The molecule has 0 N–H and O–H groups in total. The number of benzene rings is 1. The average molecular weight is 391 g/mol. The molecule has 2 heterocycles. The van der Waals surface area contributed by atoms with Gasteiger partial charge in [-0.05, 0) is 37.5 Å². The molecule has 146 valence electrons. The Balaban J connectivity index is 1.63. The van der Waals surface area contributed by atoms with Gasteiger partial charge in [-0.25, -0.2) is 8.42 Å². The molecule has 1 aromatic carbocycles. The summed E-state index contributed by atoms with van der Waals surface area (Å²) < 4.78 is 38.3. The van der Waals surface area contributed by atoms with Crippen LogP contribution in [0, 0.1) is 6.92 Å². The van der Waals surface area contributed by atoms with Gasteiger partial charge in [0.15, 0.2) is 5.82 Å². The third kappa shape index (κ3) is 3.79. The first-order chi connectivity index (χ1) is 13.1. The molecule has 0 amide bonds. The highest BCUT2D eigenvalue weighted by molar-refractivity contribution is 7.89. The van der Waals surface area contributed by atoms with Crippen molar-refractivity contribution in [3.63, 3.8) is 0 Å². The highest BCUT2D eigenvalue weighted by Gasteiger charge is 2.29. The fraction of sp³-hybridized carbons (Fsp3) is 0.579. The third-order valence-corrected chi connectivity index (χ3v) is 7.48. The number of hydrogen-bond donors (Lipinski definition) is 0. The Labute approximate surface area is 159 Å². The summed E-state index contributed by atoms with van der Waals surface area (Å²) in [6.45, 7) is 3.40. The summed E-state index contributed by atoms with van der Waals surface area (Å²) in [5.74, 6) is 1.47. The number of ether oxygens (including phenoxy) is 1. The van der Waals surface area contributed by atoms with E-state index in [0.29, 0.717) is 54.1 Å². The Hall–Kier alpha value is -1.77. The van der Waals surface area contributed by atoms with Gasteiger partial charge in [0.05, 0.1) is 18.1 Å². The number of sulfonamides is 1. The van der Waals surface area contributed by atoms with E-state index in [1.807, 2.05) is 6.07 Å². The van der Waals surface area contributed by atoms with Crippen LogP contribution < -0.4 is 0 Å². The maximum absolute atomic E-state index is 13.0. The zero-order valence-electron chi connectivity index (χ0n) is 15.6. The highest BCUT2D eigenvalue weighted by Crippen LogP contribution is 2.33. The van der Waals surface area contributed by atoms with Gasteiger partial charge in [0.1, 0.15) is 0 Å². The van der Waals surface area contributed by atoms with E-state index in [-0.39, 0.29) is 0 Å². The van der Waals surface area contributed by atoms with Gasteiger partial charge in [-0.15, -0.1) is 0 Å². The van der Waals surface area contributed by atoms with Crippen molar-refractivity contribution in [2.24, 2.45) is 0 Å². The number of nitrogens with zero attached hydrogens (tertiary/aromatic N) is 3. The Kier molecular flexibility index (Phi) is 5.29. The van der Waals surface area contributed by atoms with Gasteiger partial charge in [-0.3, -0.25) is 0 Å². The molecular weight excluding hydrogens is 366 g/mol. The van der Waals surface area contributed by atoms with E-state index in [1.54, 1.807) is 19.1 Å². The average Bonchev–Trinajstić information content (AvgIpc) is 3.20. The zero-order chi connectivity index (χ0) is 18.9. The highest BCUT2D eigenvalue weighted by atomic mass is 32.2. The van der Waals surface area contributed by atoms with Gasteiger partial charge in [0.2, 0.25) is 10.0 Å². The van der Waals surface area contributed by atoms with Crippen LogP contribution in [0.4, 0.5) is 0 Å². The quantitative estimate of drug-likeness (QED) is 0.796.